The van der Waals surface area contributed by atoms with Gasteiger partial charge in [-0.1, -0.05) is 48.0 Å². The second-order valence-electron chi connectivity index (χ2n) is 6.41. The number of carbonyl (C=O) groups excluding carboxylic acids is 1. The summed E-state index contributed by atoms with van der Waals surface area (Å²) >= 11 is 6.11. The van der Waals surface area contributed by atoms with Crippen molar-refractivity contribution in [2.75, 3.05) is 14.2 Å². The summed E-state index contributed by atoms with van der Waals surface area (Å²) in [6, 6.07) is 15.9. The van der Waals surface area contributed by atoms with Crippen LogP contribution in [0.4, 0.5) is 4.39 Å². The molecule has 0 saturated carbocycles. The number of hydrogen-bond donors (Lipinski definition) is 0. The second kappa shape index (κ2) is 8.85. The van der Waals surface area contributed by atoms with E-state index in [1.165, 1.54) is 32.4 Å². The summed E-state index contributed by atoms with van der Waals surface area (Å²) in [5.74, 6) is -2.18. The minimum absolute atomic E-state index is 0.0157. The standard InChI is InChI=1S/C22H18ClFO5S/c1-28-21-18(23)11-16(22(25)29-2)12-20(21)30(26,27)13-17-10-15(8-9-19(17)24)14-6-4-3-5-7-14/h3-12H,13H2,1-2H3. The maximum Gasteiger partial charge on any atom is 0.337 e. The van der Waals surface area contributed by atoms with Crippen LogP contribution in [-0.4, -0.2) is 28.6 Å². The van der Waals surface area contributed by atoms with Crippen LogP contribution in [0.1, 0.15) is 15.9 Å². The van der Waals surface area contributed by atoms with Gasteiger partial charge in [-0.25, -0.2) is 17.6 Å². The van der Waals surface area contributed by atoms with Crippen molar-refractivity contribution in [3.05, 3.63) is 82.6 Å². The number of ether oxygens (including phenoxy) is 2. The molecule has 0 aliphatic heterocycles. The summed E-state index contributed by atoms with van der Waals surface area (Å²) in [5.41, 5.74) is 1.43. The molecule has 0 aromatic heterocycles. The molecule has 0 spiro atoms. The van der Waals surface area contributed by atoms with E-state index in [1.807, 2.05) is 30.3 Å². The molecule has 0 atom stereocenters. The Bertz CT molecular complexity index is 1190. The average molecular weight is 449 g/mol. The van der Waals surface area contributed by atoms with Gasteiger partial charge in [0, 0.05) is 5.56 Å². The maximum absolute atomic E-state index is 14.5. The van der Waals surface area contributed by atoms with Crippen molar-refractivity contribution in [2.24, 2.45) is 0 Å². The first-order valence-electron chi connectivity index (χ1n) is 8.79. The van der Waals surface area contributed by atoms with Crippen LogP contribution in [0.5, 0.6) is 5.75 Å². The lowest BCUT2D eigenvalue weighted by atomic mass is 10.0. The Morgan fingerprint density at radius 1 is 1.00 bits per heavy atom. The van der Waals surface area contributed by atoms with Crippen molar-refractivity contribution in [2.45, 2.75) is 10.6 Å². The number of rotatable bonds is 6. The average Bonchev–Trinajstić information content (AvgIpc) is 2.74. The zero-order valence-corrected chi connectivity index (χ0v) is 17.8. The van der Waals surface area contributed by atoms with E-state index in [0.29, 0.717) is 5.56 Å². The fourth-order valence-electron chi connectivity index (χ4n) is 3.01. The van der Waals surface area contributed by atoms with Gasteiger partial charge in [0.25, 0.3) is 0 Å². The van der Waals surface area contributed by atoms with Crippen molar-refractivity contribution in [1.82, 2.24) is 0 Å². The molecule has 3 aromatic carbocycles. The normalized spacial score (nSPS) is 11.2. The molecular weight excluding hydrogens is 431 g/mol. The highest BCUT2D eigenvalue weighted by Crippen LogP contribution is 2.36. The van der Waals surface area contributed by atoms with Gasteiger partial charge >= 0.3 is 5.97 Å². The number of hydrogen-bond acceptors (Lipinski definition) is 5. The number of methoxy groups -OCH3 is 2. The Hall–Kier alpha value is -2.90. The van der Waals surface area contributed by atoms with Crippen LogP contribution in [0.15, 0.2) is 65.6 Å². The van der Waals surface area contributed by atoms with Crippen LogP contribution in [0.25, 0.3) is 11.1 Å². The molecule has 0 bridgehead atoms. The molecule has 5 nitrogen and oxygen atoms in total. The zero-order chi connectivity index (χ0) is 21.9. The van der Waals surface area contributed by atoms with Gasteiger partial charge in [0.2, 0.25) is 0 Å². The molecule has 3 rings (SSSR count). The molecule has 0 fully saturated rings. The highest BCUT2D eigenvalue weighted by Gasteiger charge is 2.26. The summed E-state index contributed by atoms with van der Waals surface area (Å²) in [6.07, 6.45) is 0. The van der Waals surface area contributed by atoms with E-state index >= 15 is 0 Å². The number of sulfone groups is 1. The van der Waals surface area contributed by atoms with Gasteiger partial charge in [-0.15, -0.1) is 0 Å². The van der Waals surface area contributed by atoms with Crippen LogP contribution in [-0.2, 0) is 20.3 Å². The van der Waals surface area contributed by atoms with Gasteiger partial charge in [-0.3, -0.25) is 0 Å². The molecule has 8 heteroatoms. The molecule has 0 unspecified atom stereocenters. The molecular formula is C22H18ClFO5S. The number of halogens is 2. The Balaban J connectivity index is 2.07. The first-order chi connectivity index (χ1) is 14.3. The number of esters is 1. The van der Waals surface area contributed by atoms with Gasteiger partial charge < -0.3 is 9.47 Å². The molecule has 0 aliphatic carbocycles. The summed E-state index contributed by atoms with van der Waals surface area (Å²) < 4.78 is 50.5. The molecule has 30 heavy (non-hydrogen) atoms. The zero-order valence-electron chi connectivity index (χ0n) is 16.2. The van der Waals surface area contributed by atoms with Crippen molar-refractivity contribution in [3.8, 4) is 16.9 Å². The van der Waals surface area contributed by atoms with E-state index in [4.69, 9.17) is 16.3 Å². The first kappa shape index (κ1) is 21.8. The quantitative estimate of drug-likeness (QED) is 0.501. The highest BCUT2D eigenvalue weighted by atomic mass is 35.5. The van der Waals surface area contributed by atoms with E-state index < -0.39 is 27.4 Å². The second-order valence-corrected chi connectivity index (χ2v) is 8.78. The summed E-state index contributed by atoms with van der Waals surface area (Å²) in [4.78, 5) is 11.6. The molecule has 0 N–H and O–H groups in total. The van der Waals surface area contributed by atoms with Crippen LogP contribution in [0.3, 0.4) is 0 Å². The van der Waals surface area contributed by atoms with E-state index in [9.17, 15) is 17.6 Å². The molecule has 0 saturated heterocycles. The largest absolute Gasteiger partial charge is 0.494 e. The summed E-state index contributed by atoms with van der Waals surface area (Å²) in [7, 11) is -1.70. The smallest absolute Gasteiger partial charge is 0.337 e. The van der Waals surface area contributed by atoms with E-state index in [1.54, 1.807) is 6.07 Å². The molecule has 156 valence electrons. The Morgan fingerprint density at radius 2 is 1.70 bits per heavy atom. The monoisotopic (exact) mass is 448 g/mol. The number of carbonyl (C=O) groups is 1. The van der Waals surface area contributed by atoms with E-state index in [0.717, 1.165) is 11.6 Å². The minimum atomic E-state index is -4.12. The lowest BCUT2D eigenvalue weighted by Crippen LogP contribution is -2.11. The van der Waals surface area contributed by atoms with Crippen LogP contribution in [0.2, 0.25) is 5.02 Å². The lowest BCUT2D eigenvalue weighted by Gasteiger charge is -2.14. The minimum Gasteiger partial charge on any atom is -0.494 e. The van der Waals surface area contributed by atoms with E-state index in [2.05, 4.69) is 4.74 Å². The van der Waals surface area contributed by atoms with Crippen LogP contribution >= 0.6 is 11.6 Å². The van der Waals surface area contributed by atoms with Crippen molar-refractivity contribution in [1.29, 1.82) is 0 Å². The molecule has 3 aromatic rings. The third-order valence-corrected chi connectivity index (χ3v) is 6.41. The van der Waals surface area contributed by atoms with Crippen molar-refractivity contribution >= 4 is 27.4 Å². The topological polar surface area (TPSA) is 69.7 Å². The summed E-state index contributed by atoms with van der Waals surface area (Å²) in [6.45, 7) is 0. The maximum atomic E-state index is 14.5. The molecule has 0 heterocycles. The van der Waals surface area contributed by atoms with Gasteiger partial charge in [0.15, 0.2) is 15.6 Å². The predicted octanol–water partition coefficient (Wildman–Crippen LogP) is 4.92. The van der Waals surface area contributed by atoms with E-state index in [-0.39, 0.29) is 26.8 Å². The highest BCUT2D eigenvalue weighted by molar-refractivity contribution is 7.90. The third kappa shape index (κ3) is 4.47. The van der Waals surface area contributed by atoms with Crippen LogP contribution in [0, 0.1) is 5.82 Å². The van der Waals surface area contributed by atoms with Crippen molar-refractivity contribution in [3.63, 3.8) is 0 Å². The lowest BCUT2D eigenvalue weighted by molar-refractivity contribution is 0.0600. The fraction of sp³-hybridized carbons (Fsp3) is 0.136. The molecule has 0 aliphatic rings. The summed E-state index contributed by atoms with van der Waals surface area (Å²) in [5, 5.41) is -0.0718. The fourth-order valence-corrected chi connectivity index (χ4v) is 4.93. The molecule has 0 radical (unpaired) electrons. The van der Waals surface area contributed by atoms with Crippen LogP contribution < -0.4 is 4.74 Å². The van der Waals surface area contributed by atoms with Gasteiger partial charge in [-0.2, -0.15) is 0 Å². The third-order valence-electron chi connectivity index (χ3n) is 4.47. The molecule has 0 amide bonds. The first-order valence-corrected chi connectivity index (χ1v) is 10.8. The SMILES string of the molecule is COC(=O)c1cc(Cl)c(OC)c(S(=O)(=O)Cc2cc(-c3ccccc3)ccc2F)c1. The van der Waals surface area contributed by atoms with Gasteiger partial charge in [0.1, 0.15) is 10.7 Å². The van der Waals surface area contributed by atoms with Crippen molar-refractivity contribution < 1.29 is 27.1 Å². The Morgan fingerprint density at radius 3 is 2.33 bits per heavy atom. The Labute approximate surface area is 178 Å². The number of benzene rings is 3. The van der Waals surface area contributed by atoms with Gasteiger partial charge in [-0.05, 0) is 35.4 Å². The van der Waals surface area contributed by atoms with Gasteiger partial charge in [0.05, 0.1) is 30.6 Å². The predicted molar refractivity (Wildman–Crippen MR) is 112 cm³/mol. The Kier molecular flexibility index (Phi) is 6.43.